The summed E-state index contributed by atoms with van der Waals surface area (Å²) in [6, 6.07) is 0.296. The lowest BCUT2D eigenvalue weighted by Crippen LogP contribution is -2.35. The summed E-state index contributed by atoms with van der Waals surface area (Å²) in [6.07, 6.45) is 2.21. The van der Waals surface area contributed by atoms with E-state index in [9.17, 15) is 15.0 Å². The van der Waals surface area contributed by atoms with Crippen LogP contribution in [0.15, 0.2) is 0 Å². The number of hydrogen-bond acceptors (Lipinski definition) is 5. The van der Waals surface area contributed by atoms with Crippen molar-refractivity contribution in [3.8, 4) is 5.75 Å². The quantitative estimate of drug-likeness (QED) is 0.711. The van der Waals surface area contributed by atoms with E-state index in [1.807, 2.05) is 13.8 Å². The van der Waals surface area contributed by atoms with Gasteiger partial charge in [0.15, 0.2) is 4.88 Å². The van der Waals surface area contributed by atoms with Gasteiger partial charge in [-0.3, -0.25) is 0 Å². The first kappa shape index (κ1) is 18.2. The predicted molar refractivity (Wildman–Crippen MR) is 85.2 cm³/mol. The summed E-state index contributed by atoms with van der Waals surface area (Å²) in [5.41, 5.74) is 1.02. The second-order valence-electron chi connectivity index (χ2n) is 5.35. The number of aliphatic hydroxyl groups excluding tert-OH is 1. The van der Waals surface area contributed by atoms with Crippen LogP contribution < -0.4 is 10.1 Å². The molecule has 3 N–H and O–H groups in total. The number of nitrogens with one attached hydrogen (secondary N) is 1. The lowest BCUT2D eigenvalue weighted by Gasteiger charge is -2.15. The zero-order valence-electron chi connectivity index (χ0n) is 12.2. The standard InChI is InChI=1S/C14H21NO4S.ClH/c1-8(2)15-6-9(16)7-19-12-10-4-3-5-11(10)20-13(12)14(17)18;/h8-9,15-16H,3-7H2,1-2H3,(H,17,18);1H. The minimum atomic E-state index is -0.950. The Kier molecular flexibility index (Phi) is 6.93. The zero-order chi connectivity index (χ0) is 14.7. The first-order chi connectivity index (χ1) is 9.49. The first-order valence-corrected chi connectivity index (χ1v) is 7.72. The Hall–Kier alpha value is -0.820. The Morgan fingerprint density at radius 1 is 1.43 bits per heavy atom. The Morgan fingerprint density at radius 3 is 2.76 bits per heavy atom. The van der Waals surface area contributed by atoms with E-state index in [0.29, 0.717) is 18.3 Å². The fourth-order valence-electron chi connectivity index (χ4n) is 2.28. The minimum absolute atomic E-state index is 0. The number of aryl methyl sites for hydroxylation is 1. The van der Waals surface area contributed by atoms with Crippen LogP contribution in [0.4, 0.5) is 0 Å². The number of carboxylic acid groups (broad SMARTS) is 1. The second-order valence-corrected chi connectivity index (χ2v) is 6.45. The lowest BCUT2D eigenvalue weighted by atomic mass is 10.2. The van der Waals surface area contributed by atoms with Crippen molar-refractivity contribution in [1.29, 1.82) is 0 Å². The molecule has 1 atom stereocenters. The summed E-state index contributed by atoms with van der Waals surface area (Å²) in [6.45, 7) is 4.55. The molecule has 1 aliphatic rings. The number of fused-ring (bicyclic) bond motifs is 1. The molecule has 0 spiro atoms. The molecule has 0 aliphatic heterocycles. The van der Waals surface area contributed by atoms with Gasteiger partial charge in [-0.05, 0) is 19.3 Å². The predicted octanol–water partition coefficient (Wildman–Crippen LogP) is 2.09. The largest absolute Gasteiger partial charge is 0.489 e. The van der Waals surface area contributed by atoms with E-state index >= 15 is 0 Å². The molecule has 5 nitrogen and oxygen atoms in total. The van der Waals surface area contributed by atoms with Gasteiger partial charge >= 0.3 is 5.97 Å². The van der Waals surface area contributed by atoms with Crippen LogP contribution in [0.2, 0.25) is 0 Å². The molecule has 1 heterocycles. The van der Waals surface area contributed by atoms with Gasteiger partial charge in [0.05, 0.1) is 0 Å². The lowest BCUT2D eigenvalue weighted by molar-refractivity contribution is 0.0688. The van der Waals surface area contributed by atoms with Crippen LogP contribution in [0.3, 0.4) is 0 Å². The maximum Gasteiger partial charge on any atom is 0.349 e. The number of carbonyl (C=O) groups is 1. The molecule has 1 aromatic rings. The van der Waals surface area contributed by atoms with Crippen molar-refractivity contribution >= 4 is 29.7 Å². The van der Waals surface area contributed by atoms with E-state index in [-0.39, 0.29) is 23.9 Å². The molecule has 0 amide bonds. The SMILES string of the molecule is CC(C)NCC(O)COc1c(C(=O)O)sc2c1CCC2.Cl. The van der Waals surface area contributed by atoms with Crippen molar-refractivity contribution in [1.82, 2.24) is 5.32 Å². The van der Waals surface area contributed by atoms with Gasteiger partial charge in [-0.15, -0.1) is 23.7 Å². The third-order valence-electron chi connectivity index (χ3n) is 3.25. The van der Waals surface area contributed by atoms with Crippen LogP contribution in [0.1, 0.15) is 40.4 Å². The summed E-state index contributed by atoms with van der Waals surface area (Å²) < 4.78 is 5.61. The molecule has 2 rings (SSSR count). The number of rotatable bonds is 7. The van der Waals surface area contributed by atoms with Crippen molar-refractivity contribution in [3.63, 3.8) is 0 Å². The molecule has 0 fully saturated rings. The number of aromatic carboxylic acids is 1. The maximum absolute atomic E-state index is 11.2. The third kappa shape index (κ3) is 4.57. The van der Waals surface area contributed by atoms with E-state index in [1.54, 1.807) is 0 Å². The van der Waals surface area contributed by atoms with E-state index in [1.165, 1.54) is 11.3 Å². The second kappa shape index (κ2) is 7.98. The fraction of sp³-hybridized carbons (Fsp3) is 0.643. The van der Waals surface area contributed by atoms with Gasteiger partial charge < -0.3 is 20.3 Å². The number of hydrogen-bond donors (Lipinski definition) is 3. The number of thiophene rings is 1. The van der Waals surface area contributed by atoms with Crippen LogP contribution >= 0.6 is 23.7 Å². The molecular formula is C14H22ClNO4S. The molecule has 0 bridgehead atoms. The maximum atomic E-state index is 11.2. The molecule has 21 heavy (non-hydrogen) atoms. The van der Waals surface area contributed by atoms with Gasteiger partial charge in [0.1, 0.15) is 18.5 Å². The fourth-order valence-corrected chi connectivity index (χ4v) is 3.45. The van der Waals surface area contributed by atoms with Crippen LogP contribution in [0, 0.1) is 0 Å². The van der Waals surface area contributed by atoms with Gasteiger partial charge in [-0.25, -0.2) is 4.79 Å². The van der Waals surface area contributed by atoms with Crippen molar-refractivity contribution < 1.29 is 19.7 Å². The highest BCUT2D eigenvalue weighted by Gasteiger charge is 2.27. The summed E-state index contributed by atoms with van der Waals surface area (Å²) in [5, 5.41) is 22.2. The average Bonchev–Trinajstić information content (AvgIpc) is 2.94. The monoisotopic (exact) mass is 335 g/mol. The smallest absolute Gasteiger partial charge is 0.349 e. The number of ether oxygens (including phenoxy) is 1. The van der Waals surface area contributed by atoms with Gasteiger partial charge in [-0.1, -0.05) is 13.8 Å². The number of halogens is 1. The van der Waals surface area contributed by atoms with Crippen molar-refractivity contribution in [2.24, 2.45) is 0 Å². The summed E-state index contributed by atoms with van der Waals surface area (Å²) in [7, 11) is 0. The van der Waals surface area contributed by atoms with E-state index in [4.69, 9.17) is 4.74 Å². The van der Waals surface area contributed by atoms with Gasteiger partial charge in [0.25, 0.3) is 0 Å². The zero-order valence-corrected chi connectivity index (χ0v) is 13.9. The van der Waals surface area contributed by atoms with Crippen molar-refractivity contribution in [3.05, 3.63) is 15.3 Å². The Balaban J connectivity index is 0.00000220. The van der Waals surface area contributed by atoms with Gasteiger partial charge in [-0.2, -0.15) is 0 Å². The molecule has 7 heteroatoms. The number of aliphatic hydroxyl groups is 1. The molecular weight excluding hydrogens is 314 g/mol. The first-order valence-electron chi connectivity index (χ1n) is 6.91. The van der Waals surface area contributed by atoms with Crippen LogP contribution in [-0.4, -0.2) is 41.5 Å². The van der Waals surface area contributed by atoms with Gasteiger partial charge in [0, 0.05) is 23.0 Å². The number of carboxylic acids is 1. The third-order valence-corrected chi connectivity index (χ3v) is 4.51. The molecule has 1 unspecified atom stereocenters. The highest BCUT2D eigenvalue weighted by molar-refractivity contribution is 7.14. The van der Waals surface area contributed by atoms with Gasteiger partial charge in [0.2, 0.25) is 0 Å². The topological polar surface area (TPSA) is 78.8 Å². The Labute approximate surface area is 134 Å². The van der Waals surface area contributed by atoms with Crippen LogP contribution in [0.25, 0.3) is 0 Å². The van der Waals surface area contributed by atoms with E-state index in [2.05, 4.69) is 5.32 Å². The molecule has 1 aliphatic carbocycles. The summed E-state index contributed by atoms with van der Waals surface area (Å²) >= 11 is 1.30. The normalized spacial score (nSPS) is 14.7. The summed E-state index contributed by atoms with van der Waals surface area (Å²) in [5.74, 6) is -0.479. The van der Waals surface area contributed by atoms with E-state index < -0.39 is 12.1 Å². The summed E-state index contributed by atoms with van der Waals surface area (Å²) in [4.78, 5) is 12.6. The highest BCUT2D eigenvalue weighted by atomic mass is 35.5. The molecule has 0 saturated carbocycles. The molecule has 120 valence electrons. The molecule has 0 saturated heterocycles. The average molecular weight is 336 g/mol. The Bertz CT molecular complexity index is 490. The van der Waals surface area contributed by atoms with Crippen molar-refractivity contribution in [2.45, 2.75) is 45.3 Å². The molecule has 0 radical (unpaired) electrons. The van der Waals surface area contributed by atoms with Crippen LogP contribution in [0.5, 0.6) is 5.75 Å². The molecule has 0 aromatic carbocycles. The minimum Gasteiger partial charge on any atom is -0.489 e. The van der Waals surface area contributed by atoms with Crippen LogP contribution in [-0.2, 0) is 12.8 Å². The molecule has 1 aromatic heterocycles. The van der Waals surface area contributed by atoms with Crippen molar-refractivity contribution in [2.75, 3.05) is 13.2 Å². The Morgan fingerprint density at radius 2 is 2.14 bits per heavy atom. The van der Waals surface area contributed by atoms with E-state index in [0.717, 1.165) is 29.7 Å². The highest BCUT2D eigenvalue weighted by Crippen LogP contribution is 2.41.